The zero-order valence-electron chi connectivity index (χ0n) is 32.2. The van der Waals surface area contributed by atoms with E-state index in [-0.39, 0.29) is 42.3 Å². The van der Waals surface area contributed by atoms with Crippen molar-refractivity contribution in [2.45, 2.75) is 182 Å². The first-order valence-electron chi connectivity index (χ1n) is 20.4. The molecule has 7 nitrogen and oxygen atoms in total. The van der Waals surface area contributed by atoms with E-state index in [1.807, 2.05) is 6.92 Å². The third kappa shape index (κ3) is 12.1. The van der Waals surface area contributed by atoms with E-state index >= 15 is 0 Å². The van der Waals surface area contributed by atoms with Gasteiger partial charge in [-0.1, -0.05) is 118 Å². The van der Waals surface area contributed by atoms with Crippen LogP contribution in [0.25, 0.3) is 0 Å². The molecule has 1 saturated carbocycles. The molecule has 3 unspecified atom stereocenters. The Kier molecular flexibility index (Phi) is 18.5. The maximum atomic E-state index is 12.9. The average molecular weight is 674 g/mol. The average Bonchev–Trinajstić information content (AvgIpc) is 3.42. The van der Waals surface area contributed by atoms with Crippen molar-refractivity contribution < 1.29 is 19.1 Å². The second-order valence-corrected chi connectivity index (χ2v) is 16.0. The lowest BCUT2D eigenvalue weighted by Crippen LogP contribution is -2.62. The maximum absolute atomic E-state index is 12.9. The molecule has 0 aromatic carbocycles. The summed E-state index contributed by atoms with van der Waals surface area (Å²) in [4.78, 5) is 26.7. The Hall–Kier alpha value is -1.44. The lowest BCUT2D eigenvalue weighted by Gasteiger charge is -2.44. The van der Waals surface area contributed by atoms with E-state index in [0.717, 1.165) is 74.5 Å². The number of carbonyl (C=O) groups excluding carboxylic acids is 2. The fraction of sp³-hybridized carbons (Fsp3) is 0.902. The van der Waals surface area contributed by atoms with Crippen LogP contribution in [0.3, 0.4) is 0 Å². The van der Waals surface area contributed by atoms with Crippen molar-refractivity contribution in [2.24, 2.45) is 35.5 Å². The number of carbonyl (C=O) groups is 2. The molecule has 10 atom stereocenters. The number of amides is 3. The summed E-state index contributed by atoms with van der Waals surface area (Å²) in [7, 11) is 0. The molecule has 2 heterocycles. The minimum absolute atomic E-state index is 0.109. The third-order valence-electron chi connectivity index (χ3n) is 12.5. The van der Waals surface area contributed by atoms with Crippen molar-refractivity contribution in [3.05, 3.63) is 12.2 Å². The van der Waals surface area contributed by atoms with Gasteiger partial charge in [0.1, 0.15) is 18.4 Å². The van der Waals surface area contributed by atoms with Gasteiger partial charge in [0.05, 0.1) is 5.92 Å². The van der Waals surface area contributed by atoms with Gasteiger partial charge < -0.3 is 14.4 Å². The van der Waals surface area contributed by atoms with Crippen LogP contribution >= 0.6 is 0 Å². The summed E-state index contributed by atoms with van der Waals surface area (Å²) in [6.45, 7) is 22.3. The zero-order chi connectivity index (χ0) is 35.1. The smallest absolute Gasteiger partial charge is 0.325 e. The number of imide groups is 1. The van der Waals surface area contributed by atoms with Gasteiger partial charge in [0, 0.05) is 25.8 Å². The van der Waals surface area contributed by atoms with Crippen molar-refractivity contribution in [1.29, 1.82) is 0 Å². The van der Waals surface area contributed by atoms with Crippen LogP contribution in [-0.2, 0) is 14.3 Å². The van der Waals surface area contributed by atoms with E-state index in [0.29, 0.717) is 19.8 Å². The molecule has 0 spiro atoms. The highest BCUT2D eigenvalue weighted by Gasteiger charge is 2.49. The van der Waals surface area contributed by atoms with Gasteiger partial charge in [0.2, 0.25) is 5.91 Å². The maximum Gasteiger partial charge on any atom is 0.325 e. The molecule has 0 bridgehead atoms. The van der Waals surface area contributed by atoms with E-state index in [2.05, 4.69) is 58.8 Å². The zero-order valence-corrected chi connectivity index (χ0v) is 32.2. The monoisotopic (exact) mass is 674 g/mol. The van der Waals surface area contributed by atoms with Crippen LogP contribution in [0, 0.1) is 35.5 Å². The summed E-state index contributed by atoms with van der Waals surface area (Å²) < 4.78 is 13.0. The summed E-state index contributed by atoms with van der Waals surface area (Å²) in [6.07, 6.45) is 20.0. The molecule has 3 amide bonds. The number of nitrogens with one attached hydrogen (secondary N) is 2. The third-order valence-corrected chi connectivity index (χ3v) is 12.5. The highest BCUT2D eigenvalue weighted by Crippen LogP contribution is 2.45. The fourth-order valence-electron chi connectivity index (χ4n) is 8.79. The predicted molar refractivity (Wildman–Crippen MR) is 199 cm³/mol. The van der Waals surface area contributed by atoms with Gasteiger partial charge in [-0.05, 0) is 81.0 Å². The topological polar surface area (TPSA) is 79.9 Å². The molecular weight excluding hydrogens is 598 g/mol. The highest BCUT2D eigenvalue weighted by atomic mass is 16.5. The lowest BCUT2D eigenvalue weighted by atomic mass is 9.62. The van der Waals surface area contributed by atoms with E-state index in [1.54, 1.807) is 4.90 Å². The number of allylic oxidation sites excluding steroid dienone is 1. The minimum atomic E-state index is -0.337. The van der Waals surface area contributed by atoms with Crippen molar-refractivity contribution in [3.63, 3.8) is 0 Å². The Labute approximate surface area is 295 Å². The van der Waals surface area contributed by atoms with Gasteiger partial charge in [-0.25, -0.2) is 4.79 Å². The van der Waals surface area contributed by atoms with Crippen LogP contribution < -0.4 is 10.6 Å². The lowest BCUT2D eigenvalue weighted by molar-refractivity contribution is -0.127. The van der Waals surface area contributed by atoms with Gasteiger partial charge in [-0.3, -0.25) is 15.4 Å². The molecule has 3 rings (SSSR count). The minimum Gasteiger partial charge on any atom is -0.374 e. The van der Waals surface area contributed by atoms with Crippen LogP contribution in [0.1, 0.15) is 158 Å². The van der Waals surface area contributed by atoms with Crippen LogP contribution in [0.5, 0.6) is 0 Å². The first-order valence-corrected chi connectivity index (χ1v) is 20.4. The van der Waals surface area contributed by atoms with Crippen molar-refractivity contribution in [3.8, 4) is 0 Å². The number of urea groups is 1. The molecule has 7 heteroatoms. The van der Waals surface area contributed by atoms with E-state index in [1.165, 1.54) is 69.8 Å². The van der Waals surface area contributed by atoms with Crippen LogP contribution in [0.4, 0.5) is 4.79 Å². The standard InChI is InChI=1S/C41H75N3O4/c1-9-12-20-25-47-37-36(11-3)42-39(44-28-30(5)40(45)43-41(44)46)38(37)48-26-21-15-13-14-17-22-29(4)23-18-16-19-24-35-27-34(10-2)32(7)31(6)33(35)8/h30-39,42H,4,9-28H2,1-3,5-8H3,(H,43,45,46)/t30?,31-,32+,33-,34-,35?,36+,37?,38-,39-/m0/s1. The number of nitrogens with zero attached hydrogens (tertiary/aromatic N) is 1. The summed E-state index contributed by atoms with van der Waals surface area (Å²) in [6, 6.07) is -0.229. The summed E-state index contributed by atoms with van der Waals surface area (Å²) in [5, 5.41) is 6.17. The Morgan fingerprint density at radius 1 is 0.750 bits per heavy atom. The SMILES string of the molecule is C=C(CCCCCCCO[C@H]1C(OCCCCC)[C@@H](CC)N[C@H]1N1CC(C)C(=O)NC1=O)CCCCCC1C[C@H](CC)[C@H](C)[C@H](C)[C@@H]1C. The van der Waals surface area contributed by atoms with Crippen molar-refractivity contribution in [1.82, 2.24) is 15.5 Å². The summed E-state index contributed by atoms with van der Waals surface area (Å²) in [5.74, 6) is 4.03. The van der Waals surface area contributed by atoms with Gasteiger partial charge >= 0.3 is 6.03 Å². The largest absolute Gasteiger partial charge is 0.374 e. The molecular formula is C41H75N3O4. The molecule has 278 valence electrons. The predicted octanol–water partition coefficient (Wildman–Crippen LogP) is 9.64. The summed E-state index contributed by atoms with van der Waals surface area (Å²) in [5.41, 5.74) is 1.44. The normalized spacial score (nSPS) is 32.5. The van der Waals surface area contributed by atoms with Gasteiger partial charge in [-0.15, -0.1) is 0 Å². The molecule has 2 aliphatic heterocycles. The summed E-state index contributed by atoms with van der Waals surface area (Å²) >= 11 is 0. The molecule has 3 aliphatic rings. The van der Waals surface area contributed by atoms with E-state index in [4.69, 9.17) is 9.47 Å². The second kappa shape index (κ2) is 21.7. The molecule has 48 heavy (non-hydrogen) atoms. The molecule has 0 radical (unpaired) electrons. The Balaban J connectivity index is 1.31. The van der Waals surface area contributed by atoms with Crippen LogP contribution in [0.15, 0.2) is 12.2 Å². The first-order chi connectivity index (χ1) is 23.1. The first kappa shape index (κ1) is 41.0. The fourth-order valence-corrected chi connectivity index (χ4v) is 8.79. The second-order valence-electron chi connectivity index (χ2n) is 16.0. The Bertz CT molecular complexity index is 956. The molecule has 3 fully saturated rings. The molecule has 2 saturated heterocycles. The van der Waals surface area contributed by atoms with Gasteiger partial charge in [0.25, 0.3) is 0 Å². The van der Waals surface area contributed by atoms with E-state index < -0.39 is 0 Å². The number of hydrogen-bond acceptors (Lipinski definition) is 5. The van der Waals surface area contributed by atoms with Crippen molar-refractivity contribution in [2.75, 3.05) is 19.8 Å². The van der Waals surface area contributed by atoms with Gasteiger partial charge in [0.15, 0.2) is 0 Å². The van der Waals surface area contributed by atoms with Crippen LogP contribution in [-0.4, -0.2) is 61.0 Å². The number of unbranched alkanes of at least 4 members (excludes halogenated alkanes) is 8. The van der Waals surface area contributed by atoms with Crippen LogP contribution in [0.2, 0.25) is 0 Å². The Morgan fingerprint density at radius 2 is 1.35 bits per heavy atom. The highest BCUT2D eigenvalue weighted by molar-refractivity contribution is 5.98. The Morgan fingerprint density at radius 3 is 2.02 bits per heavy atom. The molecule has 1 aliphatic carbocycles. The molecule has 2 N–H and O–H groups in total. The molecule has 0 aromatic rings. The van der Waals surface area contributed by atoms with E-state index in [9.17, 15) is 9.59 Å². The van der Waals surface area contributed by atoms with Crippen molar-refractivity contribution >= 4 is 11.9 Å². The number of hydrogen-bond donors (Lipinski definition) is 2. The quantitative estimate of drug-likeness (QED) is 0.0834. The number of rotatable bonds is 23. The molecule has 0 aromatic heterocycles. The van der Waals surface area contributed by atoms with Gasteiger partial charge in [-0.2, -0.15) is 0 Å². The number of ether oxygens (including phenoxy) is 2.